The lowest BCUT2D eigenvalue weighted by Crippen LogP contribution is -2.15. The van der Waals surface area contributed by atoms with Crippen LogP contribution in [-0.4, -0.2) is 5.11 Å². The maximum Gasteiger partial charge on any atom is 0.0992 e. The van der Waals surface area contributed by atoms with Crippen LogP contribution in [0.4, 0.5) is 5.69 Å². The van der Waals surface area contributed by atoms with Crippen molar-refractivity contribution in [2.24, 2.45) is 0 Å². The van der Waals surface area contributed by atoms with Crippen LogP contribution in [-0.2, 0) is 31.3 Å². The summed E-state index contributed by atoms with van der Waals surface area (Å²) < 4.78 is 3.62. The molecule has 0 heterocycles. The van der Waals surface area contributed by atoms with Crippen LogP contribution in [0.25, 0.3) is 0 Å². The summed E-state index contributed by atoms with van der Waals surface area (Å²) in [6.45, 7) is 3.50. The van der Waals surface area contributed by atoms with Gasteiger partial charge in [0.1, 0.15) is 0 Å². The van der Waals surface area contributed by atoms with Gasteiger partial charge in [-0.25, -0.2) is 0 Å². The van der Waals surface area contributed by atoms with Crippen molar-refractivity contribution in [3.63, 3.8) is 0 Å². The third-order valence-electron chi connectivity index (χ3n) is 5.49. The average Bonchev–Trinajstić information content (AvgIpc) is 3.26. The second kappa shape index (κ2) is 6.64. The minimum absolute atomic E-state index is 0.581. The summed E-state index contributed by atoms with van der Waals surface area (Å²) in [5.74, 6) is 0. The van der Waals surface area contributed by atoms with Gasteiger partial charge in [0, 0.05) is 4.90 Å². The Morgan fingerprint density at radius 3 is 2.23 bits per heavy atom. The maximum absolute atomic E-state index is 10.3. The standard InChI is InChI=1S/C22H24N2OS/c1-22(2,25)17-9-14(13-23)10-18(12-17)26-24-21-19-7-3-5-15(19)11-16-6-4-8-20(16)21/h9-12,24-25H,3-8H2,1-2H3. The zero-order chi connectivity index (χ0) is 18.3. The van der Waals surface area contributed by atoms with Gasteiger partial charge in [0.05, 0.1) is 22.9 Å². The highest BCUT2D eigenvalue weighted by molar-refractivity contribution is 8.00. The SMILES string of the molecule is CC(C)(O)c1cc(C#N)cc(SNc2c3c(cc4c2CCC4)CCC3)c1. The van der Waals surface area contributed by atoms with E-state index in [1.54, 1.807) is 31.9 Å². The molecule has 134 valence electrons. The van der Waals surface area contributed by atoms with Crippen LogP contribution >= 0.6 is 11.9 Å². The Morgan fingerprint density at radius 2 is 1.65 bits per heavy atom. The highest BCUT2D eigenvalue weighted by Gasteiger charge is 2.24. The van der Waals surface area contributed by atoms with E-state index >= 15 is 0 Å². The van der Waals surface area contributed by atoms with Crippen LogP contribution in [0.1, 0.15) is 60.1 Å². The Hall–Kier alpha value is -1.96. The van der Waals surface area contributed by atoms with Gasteiger partial charge >= 0.3 is 0 Å². The van der Waals surface area contributed by atoms with Gasteiger partial charge in [-0.2, -0.15) is 5.26 Å². The molecule has 4 heteroatoms. The van der Waals surface area contributed by atoms with Crippen molar-refractivity contribution in [2.75, 3.05) is 4.72 Å². The Bertz CT molecular complexity index is 874. The number of rotatable bonds is 4. The Labute approximate surface area is 159 Å². The fourth-order valence-corrected chi connectivity index (χ4v) is 4.96. The molecule has 0 saturated carbocycles. The molecule has 0 fully saturated rings. The number of hydrogen-bond acceptors (Lipinski definition) is 4. The predicted octanol–water partition coefficient (Wildman–Crippen LogP) is 4.88. The number of aryl methyl sites for hydroxylation is 2. The van der Waals surface area contributed by atoms with Crippen LogP contribution in [0.3, 0.4) is 0 Å². The zero-order valence-corrected chi connectivity index (χ0v) is 16.2. The fourth-order valence-electron chi connectivity index (χ4n) is 4.13. The lowest BCUT2D eigenvalue weighted by molar-refractivity contribution is 0.0783. The first-order valence-electron chi connectivity index (χ1n) is 9.33. The molecule has 0 unspecified atom stereocenters. The number of nitriles is 1. The molecule has 0 saturated heterocycles. The molecule has 2 aromatic carbocycles. The number of nitrogens with zero attached hydrogens (tertiary/aromatic N) is 1. The van der Waals surface area contributed by atoms with Gasteiger partial charge in [-0.05, 0) is 110 Å². The summed E-state index contributed by atoms with van der Waals surface area (Å²) >= 11 is 1.55. The molecule has 0 aliphatic heterocycles. The third kappa shape index (κ3) is 3.22. The molecule has 0 radical (unpaired) electrons. The number of aliphatic hydroxyl groups is 1. The molecule has 2 N–H and O–H groups in total. The van der Waals surface area contributed by atoms with E-state index in [2.05, 4.69) is 16.9 Å². The number of fused-ring (bicyclic) bond motifs is 2. The summed E-state index contributed by atoms with van der Waals surface area (Å²) in [4.78, 5) is 0.962. The molecule has 3 nitrogen and oxygen atoms in total. The highest BCUT2D eigenvalue weighted by Crippen LogP contribution is 2.40. The van der Waals surface area contributed by atoms with Crippen LogP contribution in [0.15, 0.2) is 29.2 Å². The van der Waals surface area contributed by atoms with Gasteiger partial charge in [-0.3, -0.25) is 0 Å². The first kappa shape index (κ1) is 17.5. The van der Waals surface area contributed by atoms with Gasteiger partial charge in [0.2, 0.25) is 0 Å². The van der Waals surface area contributed by atoms with Crippen LogP contribution in [0.5, 0.6) is 0 Å². The van der Waals surface area contributed by atoms with Crippen LogP contribution < -0.4 is 4.72 Å². The van der Waals surface area contributed by atoms with E-state index in [9.17, 15) is 10.4 Å². The lowest BCUT2D eigenvalue weighted by atomic mass is 9.97. The monoisotopic (exact) mass is 364 g/mol. The second-order valence-electron chi connectivity index (χ2n) is 7.86. The summed E-state index contributed by atoms with van der Waals surface area (Å²) in [6.07, 6.45) is 7.16. The molecule has 0 amide bonds. The Balaban J connectivity index is 1.66. The van der Waals surface area contributed by atoms with E-state index in [4.69, 9.17) is 0 Å². The first-order valence-corrected chi connectivity index (χ1v) is 10.1. The summed E-state index contributed by atoms with van der Waals surface area (Å²) in [6, 6.07) is 10.3. The Kier molecular flexibility index (Phi) is 4.46. The van der Waals surface area contributed by atoms with E-state index in [1.165, 1.54) is 53.6 Å². The van der Waals surface area contributed by atoms with Crippen molar-refractivity contribution in [3.05, 3.63) is 57.6 Å². The smallest absolute Gasteiger partial charge is 0.0992 e. The van der Waals surface area contributed by atoms with E-state index in [0.29, 0.717) is 5.56 Å². The van der Waals surface area contributed by atoms with Crippen molar-refractivity contribution in [3.8, 4) is 6.07 Å². The van der Waals surface area contributed by atoms with Gasteiger partial charge in [-0.15, -0.1) is 0 Å². The number of benzene rings is 2. The predicted molar refractivity (Wildman–Crippen MR) is 106 cm³/mol. The molecule has 0 atom stereocenters. The normalized spacial score (nSPS) is 15.5. The van der Waals surface area contributed by atoms with Crippen molar-refractivity contribution >= 4 is 17.6 Å². The first-order chi connectivity index (χ1) is 12.5. The molecule has 0 bridgehead atoms. The molecule has 4 rings (SSSR count). The molecular weight excluding hydrogens is 340 g/mol. The molecular formula is C22H24N2OS. The molecule has 26 heavy (non-hydrogen) atoms. The lowest BCUT2D eigenvalue weighted by Gasteiger charge is -2.20. The summed E-state index contributed by atoms with van der Waals surface area (Å²) in [7, 11) is 0. The van der Waals surface area contributed by atoms with Gasteiger partial charge < -0.3 is 9.83 Å². The van der Waals surface area contributed by atoms with Gasteiger partial charge in [0.15, 0.2) is 0 Å². The number of anilines is 1. The highest BCUT2D eigenvalue weighted by atomic mass is 32.2. The van der Waals surface area contributed by atoms with Crippen molar-refractivity contribution in [1.29, 1.82) is 5.26 Å². The average molecular weight is 365 g/mol. The number of nitrogens with one attached hydrogen (secondary N) is 1. The van der Waals surface area contributed by atoms with Gasteiger partial charge in [-0.1, -0.05) is 6.07 Å². The van der Waals surface area contributed by atoms with E-state index in [-0.39, 0.29) is 0 Å². The summed E-state index contributed by atoms with van der Waals surface area (Å²) in [5.41, 5.74) is 7.69. The summed E-state index contributed by atoms with van der Waals surface area (Å²) in [5, 5.41) is 19.7. The molecule has 2 aliphatic rings. The topological polar surface area (TPSA) is 56.0 Å². The maximum atomic E-state index is 10.3. The third-order valence-corrected chi connectivity index (χ3v) is 6.26. The fraction of sp³-hybridized carbons (Fsp3) is 0.409. The quantitative estimate of drug-likeness (QED) is 0.759. The van der Waals surface area contributed by atoms with Gasteiger partial charge in [0.25, 0.3) is 0 Å². The molecule has 0 aromatic heterocycles. The van der Waals surface area contributed by atoms with E-state index in [0.717, 1.165) is 23.3 Å². The van der Waals surface area contributed by atoms with Crippen LogP contribution in [0.2, 0.25) is 0 Å². The van der Waals surface area contributed by atoms with E-state index < -0.39 is 5.60 Å². The van der Waals surface area contributed by atoms with Crippen molar-refractivity contribution < 1.29 is 5.11 Å². The molecule has 2 aromatic rings. The number of hydrogen-bond donors (Lipinski definition) is 2. The zero-order valence-electron chi connectivity index (χ0n) is 15.4. The van der Waals surface area contributed by atoms with Crippen molar-refractivity contribution in [2.45, 2.75) is 62.9 Å². The Morgan fingerprint density at radius 1 is 1.00 bits per heavy atom. The minimum Gasteiger partial charge on any atom is -0.386 e. The molecule has 2 aliphatic carbocycles. The van der Waals surface area contributed by atoms with E-state index in [1.807, 2.05) is 12.1 Å². The van der Waals surface area contributed by atoms with Crippen molar-refractivity contribution in [1.82, 2.24) is 0 Å². The largest absolute Gasteiger partial charge is 0.386 e. The minimum atomic E-state index is -0.961. The second-order valence-corrected chi connectivity index (χ2v) is 8.73. The van der Waals surface area contributed by atoms with Crippen LogP contribution in [0, 0.1) is 11.3 Å². The molecule has 0 spiro atoms.